The van der Waals surface area contributed by atoms with Gasteiger partial charge in [0.15, 0.2) is 4.34 Å². The molecule has 0 amide bonds. The van der Waals surface area contributed by atoms with Gasteiger partial charge in [-0.05, 0) is 30.3 Å². The van der Waals surface area contributed by atoms with Crippen molar-refractivity contribution in [3.8, 4) is 11.5 Å². The summed E-state index contributed by atoms with van der Waals surface area (Å²) in [4.78, 5) is 0. The second kappa shape index (κ2) is 8.94. The number of rotatable bonds is 8. The lowest BCUT2D eigenvalue weighted by Gasteiger charge is -2.05. The quantitative estimate of drug-likeness (QED) is 0.423. The molecule has 130 valence electrons. The minimum Gasteiger partial charge on any atom is -0.497 e. The van der Waals surface area contributed by atoms with E-state index in [2.05, 4.69) is 15.5 Å². The van der Waals surface area contributed by atoms with E-state index in [4.69, 9.17) is 21.1 Å². The fraction of sp³-hybridized carbons (Fsp3) is 0.176. The van der Waals surface area contributed by atoms with Crippen molar-refractivity contribution >= 4 is 45.5 Å². The number of ether oxygens (including phenoxy) is 2. The molecule has 1 N–H and O–H groups in total. The summed E-state index contributed by atoms with van der Waals surface area (Å²) in [6.45, 7) is 0.573. The molecule has 1 aromatic heterocycles. The zero-order valence-electron chi connectivity index (χ0n) is 13.4. The summed E-state index contributed by atoms with van der Waals surface area (Å²) in [6.07, 6.45) is 0. The van der Waals surface area contributed by atoms with Crippen LogP contribution in [0.4, 0.5) is 10.8 Å². The summed E-state index contributed by atoms with van der Waals surface area (Å²) < 4.78 is 11.8. The third-order valence-corrected chi connectivity index (χ3v) is 5.27. The van der Waals surface area contributed by atoms with Crippen molar-refractivity contribution in [3.63, 3.8) is 0 Å². The van der Waals surface area contributed by atoms with E-state index < -0.39 is 0 Å². The molecule has 3 aromatic rings. The van der Waals surface area contributed by atoms with Crippen LogP contribution in [-0.2, 0) is 0 Å². The third-order valence-electron chi connectivity index (χ3n) is 3.10. The molecule has 0 atom stereocenters. The standard InChI is InChI=1S/C17H16ClN3O2S2/c1-22-14-6-3-5-13(11-14)19-16-20-21-17(25-16)24-9-8-23-15-7-2-4-12(18)10-15/h2-7,10-11H,8-9H2,1H3,(H,19,20). The van der Waals surface area contributed by atoms with E-state index in [-0.39, 0.29) is 0 Å². The van der Waals surface area contributed by atoms with Crippen molar-refractivity contribution in [3.05, 3.63) is 53.6 Å². The van der Waals surface area contributed by atoms with Gasteiger partial charge in [0.2, 0.25) is 5.13 Å². The average Bonchev–Trinajstić information content (AvgIpc) is 3.06. The van der Waals surface area contributed by atoms with Crippen LogP contribution in [0.5, 0.6) is 11.5 Å². The van der Waals surface area contributed by atoms with Gasteiger partial charge in [0.25, 0.3) is 0 Å². The van der Waals surface area contributed by atoms with Gasteiger partial charge in [-0.1, -0.05) is 46.8 Å². The van der Waals surface area contributed by atoms with Gasteiger partial charge in [0.1, 0.15) is 11.5 Å². The van der Waals surface area contributed by atoms with Crippen molar-refractivity contribution in [1.82, 2.24) is 10.2 Å². The molecule has 2 aromatic carbocycles. The van der Waals surface area contributed by atoms with E-state index in [9.17, 15) is 0 Å². The molecular weight excluding hydrogens is 378 g/mol. The van der Waals surface area contributed by atoms with Crippen molar-refractivity contribution < 1.29 is 9.47 Å². The lowest BCUT2D eigenvalue weighted by atomic mass is 10.3. The second-order valence-electron chi connectivity index (χ2n) is 4.88. The number of benzene rings is 2. The Kier molecular flexibility index (Phi) is 6.38. The van der Waals surface area contributed by atoms with Crippen LogP contribution in [-0.4, -0.2) is 29.7 Å². The number of anilines is 2. The van der Waals surface area contributed by atoms with Crippen LogP contribution in [0.3, 0.4) is 0 Å². The summed E-state index contributed by atoms with van der Waals surface area (Å²) in [5.41, 5.74) is 0.913. The second-order valence-corrected chi connectivity index (χ2v) is 7.64. The van der Waals surface area contributed by atoms with E-state index in [1.54, 1.807) is 24.9 Å². The summed E-state index contributed by atoms with van der Waals surface area (Å²) in [5, 5.41) is 13.0. The SMILES string of the molecule is COc1cccc(Nc2nnc(SCCOc3cccc(Cl)c3)s2)c1. The van der Waals surface area contributed by atoms with Gasteiger partial charge in [-0.3, -0.25) is 0 Å². The lowest BCUT2D eigenvalue weighted by molar-refractivity contribution is 0.344. The molecular formula is C17H16ClN3O2S2. The Bertz CT molecular complexity index is 829. The Labute approximate surface area is 159 Å². The molecule has 0 spiro atoms. The van der Waals surface area contributed by atoms with Crippen LogP contribution in [0.2, 0.25) is 5.02 Å². The predicted octanol–water partition coefficient (Wildman–Crippen LogP) is 5.11. The van der Waals surface area contributed by atoms with E-state index in [1.807, 2.05) is 42.5 Å². The monoisotopic (exact) mass is 393 g/mol. The molecule has 0 aliphatic rings. The Morgan fingerprint density at radius 1 is 1.12 bits per heavy atom. The molecule has 0 aliphatic carbocycles. The van der Waals surface area contributed by atoms with Crippen LogP contribution in [0.25, 0.3) is 0 Å². The molecule has 5 nitrogen and oxygen atoms in total. The largest absolute Gasteiger partial charge is 0.497 e. The highest BCUT2D eigenvalue weighted by Gasteiger charge is 2.06. The first-order valence-corrected chi connectivity index (χ1v) is 9.67. The normalized spacial score (nSPS) is 10.5. The van der Waals surface area contributed by atoms with Crippen LogP contribution in [0.1, 0.15) is 0 Å². The highest BCUT2D eigenvalue weighted by Crippen LogP contribution is 2.28. The van der Waals surface area contributed by atoms with Crippen LogP contribution >= 0.6 is 34.7 Å². The van der Waals surface area contributed by atoms with Gasteiger partial charge in [-0.15, -0.1) is 10.2 Å². The Morgan fingerprint density at radius 3 is 2.80 bits per heavy atom. The number of nitrogens with one attached hydrogen (secondary N) is 1. The highest BCUT2D eigenvalue weighted by molar-refractivity contribution is 8.01. The minimum atomic E-state index is 0.573. The molecule has 0 aliphatic heterocycles. The lowest BCUT2D eigenvalue weighted by Crippen LogP contribution is -1.99. The van der Waals surface area contributed by atoms with Crippen LogP contribution in [0, 0.1) is 0 Å². The number of hydrogen-bond donors (Lipinski definition) is 1. The van der Waals surface area contributed by atoms with Gasteiger partial charge in [-0.2, -0.15) is 0 Å². The zero-order valence-corrected chi connectivity index (χ0v) is 15.8. The van der Waals surface area contributed by atoms with Gasteiger partial charge in [0.05, 0.1) is 13.7 Å². The smallest absolute Gasteiger partial charge is 0.210 e. The average molecular weight is 394 g/mol. The number of aromatic nitrogens is 2. The highest BCUT2D eigenvalue weighted by atomic mass is 35.5. The zero-order chi connectivity index (χ0) is 17.5. The number of thioether (sulfide) groups is 1. The topological polar surface area (TPSA) is 56.3 Å². The maximum absolute atomic E-state index is 5.93. The summed E-state index contributed by atoms with van der Waals surface area (Å²) in [5.74, 6) is 2.34. The Hall–Kier alpha value is -1.96. The Morgan fingerprint density at radius 2 is 1.96 bits per heavy atom. The van der Waals surface area contributed by atoms with Crippen molar-refractivity contribution in [2.45, 2.75) is 4.34 Å². The number of nitrogens with zero attached hydrogens (tertiary/aromatic N) is 2. The molecule has 0 bridgehead atoms. The van der Waals surface area contributed by atoms with E-state index in [0.717, 1.165) is 32.4 Å². The molecule has 1 heterocycles. The summed E-state index contributed by atoms with van der Waals surface area (Å²) in [6, 6.07) is 15.1. The van der Waals surface area contributed by atoms with Crippen molar-refractivity contribution in [2.75, 3.05) is 24.8 Å². The summed E-state index contributed by atoms with van der Waals surface area (Å²) in [7, 11) is 1.64. The van der Waals surface area contributed by atoms with Gasteiger partial charge < -0.3 is 14.8 Å². The fourth-order valence-corrected chi connectivity index (χ4v) is 3.83. The first-order chi connectivity index (χ1) is 12.2. The van der Waals surface area contributed by atoms with Gasteiger partial charge in [0, 0.05) is 22.5 Å². The first-order valence-electron chi connectivity index (χ1n) is 7.49. The van der Waals surface area contributed by atoms with E-state index in [0.29, 0.717) is 11.6 Å². The van der Waals surface area contributed by atoms with Gasteiger partial charge in [-0.25, -0.2) is 0 Å². The molecule has 3 rings (SSSR count). The van der Waals surface area contributed by atoms with Crippen molar-refractivity contribution in [1.29, 1.82) is 0 Å². The minimum absolute atomic E-state index is 0.573. The maximum Gasteiger partial charge on any atom is 0.210 e. The molecule has 0 saturated heterocycles. The van der Waals surface area contributed by atoms with Crippen LogP contribution < -0.4 is 14.8 Å². The number of hydrogen-bond acceptors (Lipinski definition) is 7. The number of halogens is 1. The third kappa shape index (κ3) is 5.52. The summed E-state index contributed by atoms with van der Waals surface area (Å²) >= 11 is 9.03. The van der Waals surface area contributed by atoms with E-state index in [1.165, 1.54) is 11.3 Å². The first kappa shape index (κ1) is 17.8. The molecule has 25 heavy (non-hydrogen) atoms. The fourth-order valence-electron chi connectivity index (χ4n) is 1.99. The molecule has 0 saturated carbocycles. The number of methoxy groups -OCH3 is 1. The van der Waals surface area contributed by atoms with Crippen molar-refractivity contribution in [2.24, 2.45) is 0 Å². The molecule has 0 unspecified atom stereocenters. The Balaban J connectivity index is 1.46. The van der Waals surface area contributed by atoms with Crippen LogP contribution in [0.15, 0.2) is 52.9 Å². The predicted molar refractivity (Wildman–Crippen MR) is 104 cm³/mol. The molecule has 8 heteroatoms. The molecule has 0 radical (unpaired) electrons. The van der Waals surface area contributed by atoms with Gasteiger partial charge >= 0.3 is 0 Å². The van der Waals surface area contributed by atoms with E-state index >= 15 is 0 Å². The molecule has 0 fully saturated rings. The maximum atomic E-state index is 5.93.